The molecule has 1 aromatic carbocycles. The van der Waals surface area contributed by atoms with E-state index in [0.29, 0.717) is 0 Å². The van der Waals surface area contributed by atoms with E-state index in [1.807, 2.05) is 6.92 Å². The maximum absolute atomic E-state index is 11.3. The van der Waals surface area contributed by atoms with Crippen LogP contribution in [0.4, 0.5) is 0 Å². The lowest BCUT2D eigenvalue weighted by atomic mass is 10.2. The smallest absolute Gasteiger partial charge is 0.309 e. The highest BCUT2D eigenvalue weighted by atomic mass is 32.2. The first-order valence-corrected chi connectivity index (χ1v) is 7.86. The summed E-state index contributed by atoms with van der Waals surface area (Å²) in [6.45, 7) is 1.91. The predicted octanol–water partition coefficient (Wildman–Crippen LogP) is 3.94. The second-order valence-electron chi connectivity index (χ2n) is 4.20. The SMILES string of the molecule is COC(=O)C(C)CSCc1csc2ccccc12. The van der Waals surface area contributed by atoms with Crippen LogP contribution in [0.3, 0.4) is 0 Å². The molecular weight excluding hydrogens is 264 g/mol. The van der Waals surface area contributed by atoms with Gasteiger partial charge in [0.2, 0.25) is 0 Å². The maximum Gasteiger partial charge on any atom is 0.309 e. The summed E-state index contributed by atoms with van der Waals surface area (Å²) in [5.41, 5.74) is 1.36. The number of ether oxygens (including phenoxy) is 1. The van der Waals surface area contributed by atoms with Gasteiger partial charge in [-0.1, -0.05) is 25.1 Å². The Morgan fingerprint density at radius 3 is 3.00 bits per heavy atom. The molecule has 0 saturated heterocycles. The average molecular weight is 280 g/mol. The van der Waals surface area contributed by atoms with E-state index in [1.54, 1.807) is 23.1 Å². The third kappa shape index (κ3) is 3.06. The number of methoxy groups -OCH3 is 1. The van der Waals surface area contributed by atoms with Gasteiger partial charge in [0.05, 0.1) is 13.0 Å². The molecular formula is C14H16O2S2. The van der Waals surface area contributed by atoms with Crippen molar-refractivity contribution in [3.05, 3.63) is 35.2 Å². The van der Waals surface area contributed by atoms with Crippen molar-refractivity contribution in [3.63, 3.8) is 0 Å². The fraction of sp³-hybridized carbons (Fsp3) is 0.357. The molecule has 1 aromatic heterocycles. The zero-order valence-electron chi connectivity index (χ0n) is 10.5. The van der Waals surface area contributed by atoms with Crippen molar-refractivity contribution in [2.75, 3.05) is 12.9 Å². The molecule has 2 aromatic rings. The maximum atomic E-state index is 11.3. The quantitative estimate of drug-likeness (QED) is 0.776. The molecule has 2 rings (SSSR count). The molecule has 1 unspecified atom stereocenters. The molecule has 0 radical (unpaired) electrons. The highest BCUT2D eigenvalue weighted by Crippen LogP contribution is 2.29. The topological polar surface area (TPSA) is 26.3 Å². The molecule has 0 aliphatic rings. The van der Waals surface area contributed by atoms with Crippen molar-refractivity contribution in [2.45, 2.75) is 12.7 Å². The molecule has 0 N–H and O–H groups in total. The number of thioether (sulfide) groups is 1. The Labute approximate surface area is 115 Å². The fourth-order valence-corrected chi connectivity index (χ4v) is 3.89. The first-order chi connectivity index (χ1) is 8.72. The monoisotopic (exact) mass is 280 g/mol. The van der Waals surface area contributed by atoms with Gasteiger partial charge in [-0.3, -0.25) is 4.79 Å². The first kappa shape index (κ1) is 13.4. The number of benzene rings is 1. The molecule has 0 aliphatic carbocycles. The standard InChI is InChI=1S/C14H16O2S2/c1-10(14(15)16-2)7-17-8-11-9-18-13-6-4-3-5-12(11)13/h3-6,9-10H,7-8H2,1-2H3. The van der Waals surface area contributed by atoms with Gasteiger partial charge in [0.1, 0.15) is 0 Å². The molecule has 1 atom stereocenters. The normalized spacial score (nSPS) is 12.6. The number of hydrogen-bond donors (Lipinski definition) is 0. The van der Waals surface area contributed by atoms with E-state index in [4.69, 9.17) is 4.74 Å². The third-order valence-corrected chi connectivity index (χ3v) is 5.05. The van der Waals surface area contributed by atoms with Gasteiger partial charge in [-0.05, 0) is 22.4 Å². The summed E-state index contributed by atoms with van der Waals surface area (Å²) in [6, 6.07) is 8.44. The van der Waals surface area contributed by atoms with Gasteiger partial charge < -0.3 is 4.74 Å². The lowest BCUT2D eigenvalue weighted by Gasteiger charge is -2.08. The largest absolute Gasteiger partial charge is 0.469 e. The predicted molar refractivity (Wildman–Crippen MR) is 79.2 cm³/mol. The van der Waals surface area contributed by atoms with Crippen LogP contribution < -0.4 is 0 Å². The van der Waals surface area contributed by atoms with Gasteiger partial charge in [-0.2, -0.15) is 11.8 Å². The summed E-state index contributed by atoms with van der Waals surface area (Å²) in [5.74, 6) is 1.59. The second-order valence-corrected chi connectivity index (χ2v) is 6.14. The zero-order chi connectivity index (χ0) is 13.0. The number of esters is 1. The highest BCUT2D eigenvalue weighted by Gasteiger charge is 2.13. The molecule has 0 bridgehead atoms. The molecule has 0 spiro atoms. The summed E-state index contributed by atoms with van der Waals surface area (Å²) in [6.07, 6.45) is 0. The van der Waals surface area contributed by atoms with Crippen LogP contribution in [0.1, 0.15) is 12.5 Å². The van der Waals surface area contributed by atoms with Gasteiger partial charge in [-0.15, -0.1) is 11.3 Å². The number of fused-ring (bicyclic) bond motifs is 1. The Balaban J connectivity index is 1.93. The van der Waals surface area contributed by atoms with Crippen LogP contribution in [-0.4, -0.2) is 18.8 Å². The molecule has 2 nitrogen and oxygen atoms in total. The summed E-state index contributed by atoms with van der Waals surface area (Å²) in [5, 5.41) is 3.54. The van der Waals surface area contributed by atoms with E-state index < -0.39 is 0 Å². The number of hydrogen-bond acceptors (Lipinski definition) is 4. The molecule has 0 aliphatic heterocycles. The minimum Gasteiger partial charge on any atom is -0.469 e. The van der Waals surface area contributed by atoms with Crippen molar-refractivity contribution in [3.8, 4) is 0 Å². The lowest BCUT2D eigenvalue weighted by Crippen LogP contribution is -2.14. The van der Waals surface area contributed by atoms with E-state index in [-0.39, 0.29) is 11.9 Å². The Hall–Kier alpha value is -1.00. The Bertz CT molecular complexity index is 533. The third-order valence-electron chi connectivity index (χ3n) is 2.79. The van der Waals surface area contributed by atoms with E-state index in [1.165, 1.54) is 22.8 Å². The number of thiophene rings is 1. The summed E-state index contributed by atoms with van der Waals surface area (Å²) in [4.78, 5) is 11.3. The van der Waals surface area contributed by atoms with Gasteiger partial charge in [0, 0.05) is 16.2 Å². The molecule has 1 heterocycles. The molecule has 0 fully saturated rings. The Morgan fingerprint density at radius 1 is 1.44 bits per heavy atom. The van der Waals surface area contributed by atoms with Crippen molar-refractivity contribution in [1.29, 1.82) is 0 Å². The van der Waals surface area contributed by atoms with Gasteiger partial charge >= 0.3 is 5.97 Å². The van der Waals surface area contributed by atoms with E-state index >= 15 is 0 Å². The number of rotatable bonds is 5. The van der Waals surface area contributed by atoms with Crippen LogP contribution in [-0.2, 0) is 15.3 Å². The van der Waals surface area contributed by atoms with Crippen LogP contribution >= 0.6 is 23.1 Å². The summed E-state index contributed by atoms with van der Waals surface area (Å²) >= 11 is 3.56. The van der Waals surface area contributed by atoms with Crippen LogP contribution in [0.15, 0.2) is 29.6 Å². The highest BCUT2D eigenvalue weighted by molar-refractivity contribution is 7.98. The minimum atomic E-state index is -0.127. The van der Waals surface area contributed by atoms with Crippen LogP contribution in [0.25, 0.3) is 10.1 Å². The minimum absolute atomic E-state index is 0.0371. The number of carbonyl (C=O) groups is 1. The zero-order valence-corrected chi connectivity index (χ0v) is 12.1. The van der Waals surface area contributed by atoms with Crippen molar-refractivity contribution in [1.82, 2.24) is 0 Å². The molecule has 18 heavy (non-hydrogen) atoms. The first-order valence-electron chi connectivity index (χ1n) is 5.83. The van der Waals surface area contributed by atoms with E-state index in [0.717, 1.165) is 11.5 Å². The van der Waals surface area contributed by atoms with Crippen LogP contribution in [0.2, 0.25) is 0 Å². The van der Waals surface area contributed by atoms with Crippen molar-refractivity contribution in [2.24, 2.45) is 5.92 Å². The number of carbonyl (C=O) groups excluding carboxylic acids is 1. The lowest BCUT2D eigenvalue weighted by molar-refractivity contribution is -0.143. The Kier molecular flexibility index (Phi) is 4.66. The average Bonchev–Trinajstić information content (AvgIpc) is 2.81. The van der Waals surface area contributed by atoms with Gasteiger partial charge in [0.15, 0.2) is 0 Å². The fourth-order valence-electron chi connectivity index (χ4n) is 1.76. The molecule has 0 saturated carbocycles. The summed E-state index contributed by atoms with van der Waals surface area (Å²) in [7, 11) is 1.44. The van der Waals surface area contributed by atoms with Gasteiger partial charge in [-0.25, -0.2) is 0 Å². The second kappa shape index (κ2) is 6.25. The van der Waals surface area contributed by atoms with E-state index in [9.17, 15) is 4.79 Å². The summed E-state index contributed by atoms with van der Waals surface area (Å²) < 4.78 is 6.05. The van der Waals surface area contributed by atoms with Crippen molar-refractivity contribution < 1.29 is 9.53 Å². The Morgan fingerprint density at radius 2 is 2.22 bits per heavy atom. The van der Waals surface area contributed by atoms with E-state index in [2.05, 4.69) is 29.6 Å². The van der Waals surface area contributed by atoms with Crippen LogP contribution in [0, 0.1) is 5.92 Å². The molecule has 4 heteroatoms. The molecule has 96 valence electrons. The van der Waals surface area contributed by atoms with Crippen molar-refractivity contribution >= 4 is 39.2 Å². The van der Waals surface area contributed by atoms with Gasteiger partial charge in [0.25, 0.3) is 0 Å². The van der Waals surface area contributed by atoms with Crippen LogP contribution in [0.5, 0.6) is 0 Å². The molecule has 0 amide bonds.